The molecule has 1 radical (unpaired) electrons. The van der Waals surface area contributed by atoms with Crippen LogP contribution in [0, 0.1) is 23.9 Å². The average Bonchev–Trinajstić information content (AvgIpc) is 1.98. The molecule has 5 heteroatoms. The van der Waals surface area contributed by atoms with Gasteiger partial charge < -0.3 is 5.73 Å². The molecule has 1 amide bonds. The third kappa shape index (κ3) is 2.21. The fraction of sp³-hybridized carbons (Fsp3) is 0. The summed E-state index contributed by atoms with van der Waals surface area (Å²) < 4.78 is 37.4. The molecule has 0 atom stereocenters. The number of hydrogen-bond donors (Lipinski definition) is 1. The number of carbonyl (C=O) groups excluding carboxylic acids is 1. The van der Waals surface area contributed by atoms with Gasteiger partial charge in [0.15, 0.2) is 17.5 Å². The molecule has 13 heavy (non-hydrogen) atoms. The highest BCUT2D eigenvalue weighted by Gasteiger charge is 2.11. The van der Waals surface area contributed by atoms with E-state index in [9.17, 15) is 18.0 Å². The Morgan fingerprint density at radius 2 is 1.69 bits per heavy atom. The first kappa shape index (κ1) is 9.57. The molecule has 0 fully saturated rings. The molecule has 0 saturated carbocycles. The molecule has 69 valence electrons. The van der Waals surface area contributed by atoms with Crippen molar-refractivity contribution in [2.75, 3.05) is 0 Å². The highest BCUT2D eigenvalue weighted by atomic mass is 19.2. The Labute approximate surface area is 72.2 Å². The number of amides is 1. The third-order valence-corrected chi connectivity index (χ3v) is 1.32. The molecule has 1 rings (SSSR count). The Bertz CT molecular complexity index is 328. The van der Waals surface area contributed by atoms with Gasteiger partial charge in [-0.1, -0.05) is 0 Å². The Morgan fingerprint density at radius 1 is 1.23 bits per heavy atom. The molecule has 0 aliphatic rings. The molecule has 0 aromatic heterocycles. The Hall–Kier alpha value is -1.52. The van der Waals surface area contributed by atoms with Crippen LogP contribution in [0.5, 0.6) is 0 Å². The minimum absolute atomic E-state index is 0.107. The number of nitrogens with two attached hydrogens (primary N) is 1. The van der Waals surface area contributed by atoms with Gasteiger partial charge in [0.25, 0.3) is 0 Å². The van der Waals surface area contributed by atoms with Crippen molar-refractivity contribution in [2.45, 2.75) is 0 Å². The van der Waals surface area contributed by atoms with Crippen LogP contribution in [0.1, 0.15) is 5.56 Å². The summed E-state index contributed by atoms with van der Waals surface area (Å²) in [5.74, 6) is -5.13. The maximum Gasteiger partial charge on any atom is 0.226 e. The number of halogens is 3. The summed E-state index contributed by atoms with van der Waals surface area (Å²) >= 11 is 0. The van der Waals surface area contributed by atoms with Crippen molar-refractivity contribution in [3.05, 3.63) is 41.6 Å². The molecule has 0 spiro atoms. The van der Waals surface area contributed by atoms with Gasteiger partial charge in [-0.3, -0.25) is 4.79 Å². The molecule has 0 heterocycles. The average molecular weight is 188 g/mol. The lowest BCUT2D eigenvalue weighted by Crippen LogP contribution is -2.12. The molecule has 0 bridgehead atoms. The van der Waals surface area contributed by atoms with E-state index in [1.54, 1.807) is 0 Å². The van der Waals surface area contributed by atoms with Crippen molar-refractivity contribution in [3.8, 4) is 0 Å². The zero-order valence-corrected chi connectivity index (χ0v) is 6.35. The second-order valence-corrected chi connectivity index (χ2v) is 2.35. The van der Waals surface area contributed by atoms with E-state index >= 15 is 0 Å². The third-order valence-electron chi connectivity index (χ3n) is 1.32. The molecular formula is C8H5F3NO. The summed E-state index contributed by atoms with van der Waals surface area (Å²) in [6, 6.07) is 1.37. The first-order valence-corrected chi connectivity index (χ1v) is 3.29. The molecular weight excluding hydrogens is 183 g/mol. The summed E-state index contributed by atoms with van der Waals surface area (Å²) in [4.78, 5) is 10.3. The summed E-state index contributed by atoms with van der Waals surface area (Å²) in [6.07, 6.45) is 0.797. The van der Waals surface area contributed by atoms with Gasteiger partial charge in [0, 0.05) is 0 Å². The Balaban J connectivity index is 3.06. The SMILES string of the molecule is NC(=O)[CH]c1cc(F)c(F)c(F)c1. The molecule has 0 saturated heterocycles. The molecule has 2 nitrogen and oxygen atoms in total. The fourth-order valence-electron chi connectivity index (χ4n) is 0.823. The van der Waals surface area contributed by atoms with E-state index in [-0.39, 0.29) is 5.56 Å². The van der Waals surface area contributed by atoms with Crippen LogP contribution >= 0.6 is 0 Å². The summed E-state index contributed by atoms with van der Waals surface area (Å²) in [6.45, 7) is 0. The normalized spacial score (nSPS) is 10.1. The molecule has 0 unspecified atom stereocenters. The molecule has 2 N–H and O–H groups in total. The number of primary amides is 1. The van der Waals surface area contributed by atoms with Crippen LogP contribution in [0.2, 0.25) is 0 Å². The number of carbonyl (C=O) groups is 1. The maximum atomic E-state index is 12.5. The summed E-state index contributed by atoms with van der Waals surface area (Å²) in [5, 5.41) is 0. The quantitative estimate of drug-likeness (QED) is 0.695. The number of rotatable bonds is 2. The van der Waals surface area contributed by atoms with Gasteiger partial charge in [0.2, 0.25) is 5.91 Å². The standard InChI is InChI=1S/C8H5F3NO/c9-5-1-4(3-7(12)13)2-6(10)8(5)11/h1-3H,(H2,12,13). The second-order valence-electron chi connectivity index (χ2n) is 2.35. The van der Waals surface area contributed by atoms with Crippen molar-refractivity contribution < 1.29 is 18.0 Å². The maximum absolute atomic E-state index is 12.5. The van der Waals surface area contributed by atoms with Crippen molar-refractivity contribution >= 4 is 5.91 Å². The highest BCUT2D eigenvalue weighted by molar-refractivity contribution is 5.86. The minimum Gasteiger partial charge on any atom is -0.369 e. The van der Waals surface area contributed by atoms with Crippen LogP contribution in [-0.4, -0.2) is 5.91 Å². The largest absolute Gasteiger partial charge is 0.369 e. The number of hydrogen-bond acceptors (Lipinski definition) is 1. The molecule has 1 aromatic carbocycles. The fourth-order valence-corrected chi connectivity index (χ4v) is 0.823. The minimum atomic E-state index is -1.57. The Morgan fingerprint density at radius 3 is 2.08 bits per heavy atom. The van der Waals surface area contributed by atoms with E-state index in [1.165, 1.54) is 0 Å². The highest BCUT2D eigenvalue weighted by Crippen LogP contribution is 2.14. The van der Waals surface area contributed by atoms with Gasteiger partial charge in [-0.25, -0.2) is 13.2 Å². The van der Waals surface area contributed by atoms with Crippen LogP contribution in [0.25, 0.3) is 0 Å². The van der Waals surface area contributed by atoms with E-state index in [0.717, 1.165) is 6.42 Å². The first-order chi connectivity index (χ1) is 6.00. The molecule has 0 aliphatic heterocycles. The van der Waals surface area contributed by atoms with Crippen LogP contribution in [0.3, 0.4) is 0 Å². The number of benzene rings is 1. The predicted octanol–water partition coefficient (Wildman–Crippen LogP) is 1.14. The van der Waals surface area contributed by atoms with Crippen molar-refractivity contribution in [2.24, 2.45) is 5.73 Å². The smallest absolute Gasteiger partial charge is 0.226 e. The molecule has 1 aromatic rings. The van der Waals surface area contributed by atoms with E-state index in [2.05, 4.69) is 0 Å². The van der Waals surface area contributed by atoms with Gasteiger partial charge in [-0.15, -0.1) is 0 Å². The Kier molecular flexibility index (Phi) is 2.55. The van der Waals surface area contributed by atoms with Gasteiger partial charge >= 0.3 is 0 Å². The monoisotopic (exact) mass is 188 g/mol. The molecule has 0 aliphatic carbocycles. The van der Waals surface area contributed by atoms with Crippen molar-refractivity contribution in [1.82, 2.24) is 0 Å². The lowest BCUT2D eigenvalue weighted by molar-refractivity contribution is -0.114. The van der Waals surface area contributed by atoms with Crippen LogP contribution < -0.4 is 5.73 Å². The van der Waals surface area contributed by atoms with E-state index in [1.807, 2.05) is 0 Å². The summed E-state index contributed by atoms with van der Waals surface area (Å²) in [7, 11) is 0. The lowest BCUT2D eigenvalue weighted by atomic mass is 10.1. The van der Waals surface area contributed by atoms with Gasteiger partial charge in [0.05, 0.1) is 6.42 Å². The van der Waals surface area contributed by atoms with Crippen molar-refractivity contribution in [1.29, 1.82) is 0 Å². The zero-order valence-electron chi connectivity index (χ0n) is 6.35. The van der Waals surface area contributed by atoms with Crippen molar-refractivity contribution in [3.63, 3.8) is 0 Å². The van der Waals surface area contributed by atoms with Crippen LogP contribution in [-0.2, 0) is 4.79 Å². The van der Waals surface area contributed by atoms with E-state index in [4.69, 9.17) is 5.73 Å². The van der Waals surface area contributed by atoms with Gasteiger partial charge in [0.1, 0.15) is 0 Å². The van der Waals surface area contributed by atoms with E-state index in [0.29, 0.717) is 12.1 Å². The van der Waals surface area contributed by atoms with Gasteiger partial charge in [-0.05, 0) is 17.7 Å². The predicted molar refractivity (Wildman–Crippen MR) is 38.9 cm³/mol. The van der Waals surface area contributed by atoms with Crippen LogP contribution in [0.4, 0.5) is 13.2 Å². The zero-order chi connectivity index (χ0) is 10.0. The van der Waals surface area contributed by atoms with E-state index < -0.39 is 23.4 Å². The topological polar surface area (TPSA) is 43.1 Å². The second kappa shape index (κ2) is 3.47. The van der Waals surface area contributed by atoms with Gasteiger partial charge in [-0.2, -0.15) is 0 Å². The summed E-state index contributed by atoms with van der Waals surface area (Å²) in [5.41, 5.74) is 4.62. The lowest BCUT2D eigenvalue weighted by Gasteiger charge is -1.99. The first-order valence-electron chi connectivity index (χ1n) is 3.29. The van der Waals surface area contributed by atoms with Crippen LogP contribution in [0.15, 0.2) is 12.1 Å².